The van der Waals surface area contributed by atoms with Crippen LogP contribution < -0.4 is 30.1 Å². The fourth-order valence-corrected chi connectivity index (χ4v) is 7.39. The molecular weight excluding hydrogens is 582 g/mol. The molecule has 1 saturated heterocycles. The van der Waals surface area contributed by atoms with Crippen LogP contribution in [-0.2, 0) is 11.3 Å². The summed E-state index contributed by atoms with van der Waals surface area (Å²) in [6, 6.07) is 25.0. The van der Waals surface area contributed by atoms with Gasteiger partial charge in [0, 0.05) is 23.0 Å². The van der Waals surface area contributed by atoms with Crippen LogP contribution in [0.3, 0.4) is 0 Å². The van der Waals surface area contributed by atoms with Crippen molar-refractivity contribution >= 4 is 78.4 Å². The van der Waals surface area contributed by atoms with Gasteiger partial charge in [0.1, 0.15) is 19.8 Å². The number of hydrogen-bond donors (Lipinski definition) is 1. The molecule has 38 heavy (non-hydrogen) atoms. The molecular formula is C28H22BrN5O2S2. The third kappa shape index (κ3) is 4.18. The van der Waals surface area contributed by atoms with E-state index in [1.165, 1.54) is 16.3 Å². The Morgan fingerprint density at radius 3 is 2.47 bits per heavy atom. The quantitative estimate of drug-likeness (QED) is 0.375. The number of hydrogen-bond acceptors (Lipinski definition) is 6. The maximum absolute atomic E-state index is 13.9. The van der Waals surface area contributed by atoms with Crippen molar-refractivity contribution in [3.63, 3.8) is 0 Å². The first-order valence-electron chi connectivity index (χ1n) is 12.0. The zero-order valence-electron chi connectivity index (χ0n) is 20.5. The van der Waals surface area contributed by atoms with E-state index in [1.54, 1.807) is 16.3 Å². The van der Waals surface area contributed by atoms with Crippen LogP contribution >= 0.6 is 39.0 Å². The topological polar surface area (TPSA) is 69.9 Å². The number of rotatable bonds is 3. The predicted molar refractivity (Wildman–Crippen MR) is 159 cm³/mol. The average Bonchev–Trinajstić information content (AvgIpc) is 3.54. The summed E-state index contributed by atoms with van der Waals surface area (Å²) in [5, 5.41) is 2.34. The Bertz CT molecular complexity index is 1800. The number of thiazole rings is 1. The lowest BCUT2D eigenvalue weighted by atomic mass is 10.2. The fraction of sp³-hybridized carbons (Fsp3) is 0.107. The predicted octanol–water partition coefficient (Wildman–Crippen LogP) is 4.43. The lowest BCUT2D eigenvalue weighted by Gasteiger charge is -2.14. The van der Waals surface area contributed by atoms with Gasteiger partial charge in [0.15, 0.2) is 5.84 Å². The minimum atomic E-state index is -0.263. The number of amidine groups is 1. The Hall–Kier alpha value is -3.60. The highest BCUT2D eigenvalue weighted by atomic mass is 79.9. The summed E-state index contributed by atoms with van der Waals surface area (Å²) < 4.78 is 3.73. The number of carbonyl (C=O) groups is 1. The molecule has 0 aliphatic carbocycles. The summed E-state index contributed by atoms with van der Waals surface area (Å²) in [5.74, 6) is 0.133. The van der Waals surface area contributed by atoms with Crippen molar-refractivity contribution in [3.05, 3.63) is 103 Å². The highest BCUT2D eigenvalue weighted by molar-refractivity contribution is 9.10. The van der Waals surface area contributed by atoms with Crippen molar-refractivity contribution in [1.82, 2.24) is 9.99 Å². The van der Waals surface area contributed by atoms with Crippen LogP contribution in [0.1, 0.15) is 6.92 Å². The number of fused-ring (bicyclic) bond motifs is 1. The van der Waals surface area contributed by atoms with E-state index in [-0.39, 0.29) is 11.5 Å². The lowest BCUT2D eigenvalue weighted by Crippen LogP contribution is -2.35. The average molecular weight is 605 g/mol. The first-order valence-corrected chi connectivity index (χ1v) is 14.4. The number of nitrogens with one attached hydrogen (secondary N) is 1. The molecule has 190 valence electrons. The molecule has 0 spiro atoms. The number of carbonyl (C=O) groups excluding carboxylic acids is 1. The van der Waals surface area contributed by atoms with Gasteiger partial charge >= 0.3 is 0 Å². The first-order chi connectivity index (χ1) is 18.5. The molecule has 0 radical (unpaired) electrons. The van der Waals surface area contributed by atoms with Crippen molar-refractivity contribution in [3.8, 4) is 0 Å². The number of thioether (sulfide) groups is 1. The molecule has 10 heteroatoms. The Labute approximate surface area is 235 Å². The largest absolute Gasteiger partial charge is 0.337 e. The molecule has 1 N–H and O–H groups in total. The van der Waals surface area contributed by atoms with Gasteiger partial charge in [-0.25, -0.2) is 10.0 Å². The molecule has 0 saturated carbocycles. The molecule has 3 aromatic carbocycles. The van der Waals surface area contributed by atoms with Crippen LogP contribution in [0.5, 0.6) is 0 Å². The number of amides is 1. The Morgan fingerprint density at radius 1 is 0.974 bits per heavy atom. The molecule has 6 rings (SSSR count). The van der Waals surface area contributed by atoms with E-state index in [9.17, 15) is 9.59 Å². The van der Waals surface area contributed by atoms with Crippen molar-refractivity contribution in [2.24, 2.45) is 4.99 Å². The summed E-state index contributed by atoms with van der Waals surface area (Å²) in [6.07, 6.45) is 0. The van der Waals surface area contributed by atoms with Crippen LogP contribution in [-0.4, -0.2) is 23.4 Å². The zero-order chi connectivity index (χ0) is 26.4. The number of aromatic nitrogens is 1. The van der Waals surface area contributed by atoms with Gasteiger partial charge in [-0.2, -0.15) is 0 Å². The minimum absolute atomic E-state index is 0.116. The number of hydrazine groups is 1. The normalized spacial score (nSPS) is 18.8. The summed E-state index contributed by atoms with van der Waals surface area (Å²) in [7, 11) is 1.97. The molecule has 2 aliphatic rings. The second-order valence-electron chi connectivity index (χ2n) is 8.62. The van der Waals surface area contributed by atoms with E-state index < -0.39 is 0 Å². The van der Waals surface area contributed by atoms with Gasteiger partial charge in [-0.3, -0.25) is 19.6 Å². The van der Waals surface area contributed by atoms with Crippen LogP contribution in [0, 0.1) is 0 Å². The lowest BCUT2D eigenvalue weighted by molar-refractivity contribution is -0.113. The molecule has 0 unspecified atom stereocenters. The van der Waals surface area contributed by atoms with E-state index in [4.69, 9.17) is 4.99 Å². The zero-order valence-corrected chi connectivity index (χ0v) is 23.7. The first kappa shape index (κ1) is 24.7. The number of benzene rings is 3. The number of halogens is 1. The molecule has 3 heterocycles. The number of aliphatic imine (C=N–C) groups is 1. The van der Waals surface area contributed by atoms with Gasteiger partial charge < -0.3 is 4.90 Å². The van der Waals surface area contributed by atoms with Crippen molar-refractivity contribution in [2.45, 2.75) is 18.4 Å². The van der Waals surface area contributed by atoms with Crippen LogP contribution in [0.2, 0.25) is 0 Å². The molecule has 0 bridgehead atoms. The minimum Gasteiger partial charge on any atom is -0.337 e. The Kier molecular flexibility index (Phi) is 6.46. The summed E-state index contributed by atoms with van der Waals surface area (Å²) >= 11 is 6.40. The summed E-state index contributed by atoms with van der Waals surface area (Å²) in [5.41, 5.74) is 5.88. The smallest absolute Gasteiger partial charge is 0.283 e. The third-order valence-electron chi connectivity index (χ3n) is 6.28. The molecule has 0 atom stereocenters. The van der Waals surface area contributed by atoms with E-state index in [1.807, 2.05) is 91.7 Å². The van der Waals surface area contributed by atoms with Crippen LogP contribution in [0.4, 0.5) is 17.1 Å². The van der Waals surface area contributed by atoms with Crippen molar-refractivity contribution < 1.29 is 4.79 Å². The van der Waals surface area contributed by atoms with E-state index >= 15 is 0 Å². The summed E-state index contributed by atoms with van der Waals surface area (Å²) in [6.45, 7) is 2.34. The number of anilines is 2. The fourth-order valence-electron chi connectivity index (χ4n) is 4.45. The highest BCUT2D eigenvalue weighted by Gasteiger charge is 2.35. The van der Waals surface area contributed by atoms with Gasteiger partial charge in [0.05, 0.1) is 17.1 Å². The van der Waals surface area contributed by atoms with E-state index in [2.05, 4.69) is 27.4 Å². The Balaban J connectivity index is 1.62. The number of nitrogens with zero attached hydrogens (tertiary/aromatic N) is 4. The van der Waals surface area contributed by atoms with Crippen LogP contribution in [0.25, 0.3) is 10.6 Å². The van der Waals surface area contributed by atoms with Crippen molar-refractivity contribution in [1.29, 1.82) is 0 Å². The molecule has 4 aromatic rings. The molecule has 7 nitrogen and oxygen atoms in total. The molecule has 1 amide bonds. The summed E-state index contributed by atoms with van der Waals surface area (Å²) in [4.78, 5) is 35.6. The molecule has 1 aromatic heterocycles. The van der Waals surface area contributed by atoms with Crippen molar-refractivity contribution in [2.75, 3.05) is 17.0 Å². The van der Waals surface area contributed by atoms with Gasteiger partial charge in [-0.05, 0) is 49.4 Å². The van der Waals surface area contributed by atoms with E-state index in [0.29, 0.717) is 38.5 Å². The standard InChI is InChI=1S/C28H22BrN5O2S2/c1-3-33-26(36)23(28-32(2)20-14-7-8-15-21(20)37-28)38-27(33)22-24(30-18-11-9-10-17(29)16-18)31-34(25(22)35)19-12-5-4-6-13-19/h4-16H,3H2,1-2H3,(H,30,31)/b27-22+,28-23-. The second-order valence-corrected chi connectivity index (χ2v) is 11.6. The SMILES string of the molecule is CCn1c(=O)/c(=C2/Sc3ccccc3N2C)s/c1=C1/C(=O)N(c2ccccc2)NC1=Nc1cccc(Br)c1. The van der Waals surface area contributed by atoms with Crippen LogP contribution in [0.15, 0.2) is 98.0 Å². The van der Waals surface area contributed by atoms with Gasteiger partial charge in [0.2, 0.25) is 0 Å². The van der Waals surface area contributed by atoms with Gasteiger partial charge in [-0.1, -0.05) is 64.1 Å². The van der Waals surface area contributed by atoms with Gasteiger partial charge in [-0.15, -0.1) is 11.3 Å². The van der Waals surface area contributed by atoms with Gasteiger partial charge in [0.25, 0.3) is 11.5 Å². The monoisotopic (exact) mass is 603 g/mol. The van der Waals surface area contributed by atoms with E-state index in [0.717, 1.165) is 20.1 Å². The Morgan fingerprint density at radius 2 is 1.74 bits per heavy atom. The number of para-hydroxylation sites is 2. The maximum atomic E-state index is 13.9. The maximum Gasteiger partial charge on any atom is 0.283 e. The second kappa shape index (κ2) is 9.94. The molecule has 1 fully saturated rings. The third-order valence-corrected chi connectivity index (χ3v) is 9.33. The highest BCUT2D eigenvalue weighted by Crippen LogP contribution is 2.45. The molecule has 2 aliphatic heterocycles.